The van der Waals surface area contributed by atoms with Crippen LogP contribution in [0.4, 0.5) is 0 Å². The first-order chi connectivity index (χ1) is 11.3. The lowest BCUT2D eigenvalue weighted by molar-refractivity contribution is -0.120. The smallest absolute Gasteiger partial charge is 0.224 e. The van der Waals surface area contributed by atoms with Crippen LogP contribution >= 0.6 is 11.6 Å². The number of hydrogen-bond donors (Lipinski definition) is 1. The number of hydrogen-bond acceptors (Lipinski definition) is 4. The Morgan fingerprint density at radius 1 is 1.38 bits per heavy atom. The summed E-state index contributed by atoms with van der Waals surface area (Å²) in [5, 5.41) is 3.38. The molecule has 24 heavy (non-hydrogen) atoms. The molecule has 1 atom stereocenters. The number of amides is 1. The Hall–Kier alpha value is -1.15. The standard InChI is InChI=1S/C16H23ClN2O4S/c1-24(21,22)19(12-15-3-2-10-23-15)9-8-18-16(20)11-13-4-6-14(17)7-5-13/h4-7,15H,2-3,8-12H2,1H3,(H,18,20). The van der Waals surface area contributed by atoms with E-state index in [0.717, 1.165) is 18.4 Å². The van der Waals surface area contributed by atoms with Crippen LogP contribution in [0.1, 0.15) is 18.4 Å². The third kappa shape index (κ3) is 6.39. The van der Waals surface area contributed by atoms with E-state index in [0.29, 0.717) is 18.2 Å². The van der Waals surface area contributed by atoms with Crippen LogP contribution in [0.2, 0.25) is 5.02 Å². The van der Waals surface area contributed by atoms with Crippen LogP contribution in [0.15, 0.2) is 24.3 Å². The maximum atomic E-state index is 11.9. The second-order valence-electron chi connectivity index (χ2n) is 5.91. The third-order valence-electron chi connectivity index (χ3n) is 3.86. The lowest BCUT2D eigenvalue weighted by Gasteiger charge is -2.23. The van der Waals surface area contributed by atoms with E-state index in [9.17, 15) is 13.2 Å². The van der Waals surface area contributed by atoms with E-state index in [1.165, 1.54) is 10.6 Å². The Morgan fingerprint density at radius 3 is 2.67 bits per heavy atom. The molecule has 0 aliphatic carbocycles. The van der Waals surface area contributed by atoms with E-state index in [1.807, 2.05) is 0 Å². The molecule has 0 spiro atoms. The molecule has 1 aromatic carbocycles. The summed E-state index contributed by atoms with van der Waals surface area (Å²) in [6.45, 7) is 1.53. The molecule has 1 aromatic rings. The van der Waals surface area contributed by atoms with Gasteiger partial charge in [0.15, 0.2) is 0 Å². The SMILES string of the molecule is CS(=O)(=O)N(CCNC(=O)Cc1ccc(Cl)cc1)CC1CCCO1. The molecule has 1 aliphatic heterocycles. The summed E-state index contributed by atoms with van der Waals surface area (Å²) in [4.78, 5) is 11.9. The topological polar surface area (TPSA) is 75.7 Å². The van der Waals surface area contributed by atoms with Gasteiger partial charge in [-0.3, -0.25) is 4.79 Å². The van der Waals surface area contributed by atoms with Gasteiger partial charge in [0.2, 0.25) is 15.9 Å². The molecule has 0 bridgehead atoms. The van der Waals surface area contributed by atoms with Crippen molar-refractivity contribution in [3.05, 3.63) is 34.9 Å². The molecular formula is C16H23ClN2O4S. The summed E-state index contributed by atoms with van der Waals surface area (Å²) in [7, 11) is -3.33. The Bertz CT molecular complexity index is 643. The molecule has 1 N–H and O–H groups in total. The number of carbonyl (C=O) groups excluding carboxylic acids is 1. The van der Waals surface area contributed by atoms with E-state index in [1.54, 1.807) is 24.3 Å². The average molecular weight is 375 g/mol. The van der Waals surface area contributed by atoms with Gasteiger partial charge in [0.1, 0.15) is 0 Å². The van der Waals surface area contributed by atoms with Crippen LogP contribution in [-0.4, -0.2) is 57.2 Å². The molecule has 0 saturated carbocycles. The fourth-order valence-electron chi connectivity index (χ4n) is 2.58. The fraction of sp³-hybridized carbons (Fsp3) is 0.562. The number of ether oxygens (including phenoxy) is 1. The summed E-state index contributed by atoms with van der Waals surface area (Å²) in [5.41, 5.74) is 0.858. The predicted molar refractivity (Wildman–Crippen MR) is 93.6 cm³/mol. The Kier molecular flexibility index (Phi) is 7.03. The lowest BCUT2D eigenvalue weighted by Crippen LogP contribution is -2.42. The molecule has 0 radical (unpaired) electrons. The molecule has 2 rings (SSSR count). The number of nitrogens with zero attached hydrogens (tertiary/aromatic N) is 1. The minimum Gasteiger partial charge on any atom is -0.377 e. The normalized spacial score (nSPS) is 18.0. The minimum atomic E-state index is -3.33. The van der Waals surface area contributed by atoms with Crippen molar-refractivity contribution in [2.45, 2.75) is 25.4 Å². The highest BCUT2D eigenvalue weighted by atomic mass is 35.5. The molecule has 8 heteroatoms. The van der Waals surface area contributed by atoms with Gasteiger partial charge in [-0.2, -0.15) is 4.31 Å². The minimum absolute atomic E-state index is 0.0514. The van der Waals surface area contributed by atoms with Gasteiger partial charge in [0.05, 0.1) is 18.8 Å². The first-order valence-corrected chi connectivity index (χ1v) is 10.1. The molecule has 1 fully saturated rings. The quantitative estimate of drug-likeness (QED) is 0.747. The van der Waals surface area contributed by atoms with Crippen molar-refractivity contribution < 1.29 is 17.9 Å². The highest BCUT2D eigenvalue weighted by Crippen LogP contribution is 2.14. The zero-order chi connectivity index (χ0) is 17.6. The lowest BCUT2D eigenvalue weighted by atomic mass is 10.1. The van der Waals surface area contributed by atoms with E-state index in [4.69, 9.17) is 16.3 Å². The fourth-order valence-corrected chi connectivity index (χ4v) is 3.56. The van der Waals surface area contributed by atoms with Crippen LogP contribution < -0.4 is 5.32 Å². The van der Waals surface area contributed by atoms with Crippen molar-refractivity contribution >= 4 is 27.5 Å². The maximum absolute atomic E-state index is 11.9. The van der Waals surface area contributed by atoms with Gasteiger partial charge >= 0.3 is 0 Å². The van der Waals surface area contributed by atoms with Gasteiger partial charge in [-0.05, 0) is 30.5 Å². The number of halogens is 1. The average Bonchev–Trinajstić information content (AvgIpc) is 3.01. The second-order valence-corrected chi connectivity index (χ2v) is 8.33. The largest absolute Gasteiger partial charge is 0.377 e. The highest BCUT2D eigenvalue weighted by Gasteiger charge is 2.24. The number of carbonyl (C=O) groups is 1. The van der Waals surface area contributed by atoms with Crippen molar-refractivity contribution in [1.29, 1.82) is 0 Å². The first-order valence-electron chi connectivity index (χ1n) is 7.92. The van der Waals surface area contributed by atoms with Crippen LogP contribution in [-0.2, 0) is 26.0 Å². The summed E-state index contributed by atoms with van der Waals surface area (Å²) in [6.07, 6.45) is 3.19. The van der Waals surface area contributed by atoms with Crippen LogP contribution in [0.25, 0.3) is 0 Å². The summed E-state index contributed by atoms with van der Waals surface area (Å²) in [6, 6.07) is 7.05. The van der Waals surface area contributed by atoms with Crippen molar-refractivity contribution in [3.8, 4) is 0 Å². The van der Waals surface area contributed by atoms with Crippen LogP contribution in [0.3, 0.4) is 0 Å². The van der Waals surface area contributed by atoms with Crippen molar-refractivity contribution in [1.82, 2.24) is 9.62 Å². The van der Waals surface area contributed by atoms with Crippen molar-refractivity contribution in [3.63, 3.8) is 0 Å². The summed E-state index contributed by atoms with van der Waals surface area (Å²) < 4.78 is 30.6. The first kappa shape index (κ1) is 19.2. The zero-order valence-electron chi connectivity index (χ0n) is 13.7. The second kappa shape index (κ2) is 8.80. The molecule has 134 valence electrons. The van der Waals surface area contributed by atoms with Crippen LogP contribution in [0, 0.1) is 0 Å². The van der Waals surface area contributed by atoms with E-state index in [2.05, 4.69) is 5.32 Å². The Labute approximate surface area is 148 Å². The van der Waals surface area contributed by atoms with Gasteiger partial charge in [0.25, 0.3) is 0 Å². The molecule has 1 unspecified atom stereocenters. The molecule has 1 aliphatic rings. The highest BCUT2D eigenvalue weighted by molar-refractivity contribution is 7.88. The molecule has 1 heterocycles. The molecule has 1 amide bonds. The number of rotatable bonds is 8. The zero-order valence-corrected chi connectivity index (χ0v) is 15.3. The van der Waals surface area contributed by atoms with Gasteiger partial charge < -0.3 is 10.1 Å². The molecule has 6 nitrogen and oxygen atoms in total. The Balaban J connectivity index is 1.78. The van der Waals surface area contributed by atoms with Crippen LogP contribution in [0.5, 0.6) is 0 Å². The summed E-state index contributed by atoms with van der Waals surface area (Å²) >= 11 is 5.81. The predicted octanol–water partition coefficient (Wildman–Crippen LogP) is 1.44. The van der Waals surface area contributed by atoms with Gasteiger partial charge in [-0.15, -0.1) is 0 Å². The van der Waals surface area contributed by atoms with Gasteiger partial charge in [-0.25, -0.2) is 8.42 Å². The molecule has 0 aromatic heterocycles. The van der Waals surface area contributed by atoms with Gasteiger partial charge in [0, 0.05) is 31.3 Å². The number of nitrogens with one attached hydrogen (secondary N) is 1. The van der Waals surface area contributed by atoms with E-state index < -0.39 is 10.0 Å². The van der Waals surface area contributed by atoms with Crippen molar-refractivity contribution in [2.24, 2.45) is 0 Å². The maximum Gasteiger partial charge on any atom is 0.224 e. The number of benzene rings is 1. The third-order valence-corrected chi connectivity index (χ3v) is 5.38. The molecular weight excluding hydrogens is 352 g/mol. The van der Waals surface area contributed by atoms with Gasteiger partial charge in [-0.1, -0.05) is 23.7 Å². The molecule has 1 saturated heterocycles. The number of sulfonamides is 1. The summed E-state index contributed by atoms with van der Waals surface area (Å²) in [5.74, 6) is -0.150. The monoisotopic (exact) mass is 374 g/mol. The van der Waals surface area contributed by atoms with E-state index >= 15 is 0 Å². The van der Waals surface area contributed by atoms with E-state index in [-0.39, 0.29) is 31.5 Å². The van der Waals surface area contributed by atoms with Crippen molar-refractivity contribution in [2.75, 3.05) is 32.5 Å². The Morgan fingerprint density at radius 2 is 2.08 bits per heavy atom.